The molecule has 0 bridgehead atoms. The van der Waals surface area contributed by atoms with Gasteiger partial charge in [0.2, 0.25) is 0 Å². The van der Waals surface area contributed by atoms with Crippen molar-refractivity contribution in [2.45, 2.75) is 19.3 Å². The molecule has 1 atom stereocenters. The Balaban J connectivity index is 1.75. The fourth-order valence-corrected chi connectivity index (χ4v) is 3.10. The number of nitrogens with zero attached hydrogens (tertiary/aromatic N) is 2. The van der Waals surface area contributed by atoms with E-state index in [9.17, 15) is 9.90 Å². The summed E-state index contributed by atoms with van der Waals surface area (Å²) in [5.41, 5.74) is 2.31. The molecule has 0 aliphatic carbocycles. The molecule has 1 aromatic carbocycles. The maximum Gasteiger partial charge on any atom is 0.324 e. The molecule has 3 rings (SSSR count). The summed E-state index contributed by atoms with van der Waals surface area (Å²) in [5, 5.41) is 9.26. The van der Waals surface area contributed by atoms with Crippen molar-refractivity contribution >= 4 is 11.7 Å². The molecular formula is C15H20N2O2. The Bertz CT molecular complexity index is 475. The Morgan fingerprint density at radius 3 is 3.00 bits per heavy atom. The highest BCUT2D eigenvalue weighted by Gasteiger charge is 2.30. The second kappa shape index (κ2) is 5.21. The minimum absolute atomic E-state index is 0.100. The molecule has 2 aliphatic heterocycles. The molecule has 1 fully saturated rings. The predicted molar refractivity (Wildman–Crippen MR) is 74.3 cm³/mol. The van der Waals surface area contributed by atoms with Crippen LogP contribution in [0, 0.1) is 5.92 Å². The van der Waals surface area contributed by atoms with E-state index in [1.165, 1.54) is 5.56 Å². The molecule has 19 heavy (non-hydrogen) atoms. The van der Waals surface area contributed by atoms with E-state index in [0.717, 1.165) is 38.0 Å². The zero-order chi connectivity index (χ0) is 13.2. The fraction of sp³-hybridized carbons (Fsp3) is 0.533. The number of likely N-dealkylation sites (tertiary alicyclic amines) is 1. The summed E-state index contributed by atoms with van der Waals surface area (Å²) >= 11 is 0. The van der Waals surface area contributed by atoms with Crippen molar-refractivity contribution < 1.29 is 9.90 Å². The average molecular weight is 260 g/mol. The van der Waals surface area contributed by atoms with Gasteiger partial charge in [0, 0.05) is 31.9 Å². The summed E-state index contributed by atoms with van der Waals surface area (Å²) in [6.45, 7) is 2.46. The Hall–Kier alpha value is -1.55. The van der Waals surface area contributed by atoms with E-state index in [-0.39, 0.29) is 18.6 Å². The van der Waals surface area contributed by atoms with Crippen LogP contribution in [0.5, 0.6) is 0 Å². The molecule has 4 nitrogen and oxygen atoms in total. The third kappa shape index (κ3) is 2.32. The molecule has 0 unspecified atom stereocenters. The van der Waals surface area contributed by atoms with Crippen molar-refractivity contribution in [3.63, 3.8) is 0 Å². The highest BCUT2D eigenvalue weighted by atomic mass is 16.3. The number of hydrogen-bond donors (Lipinski definition) is 1. The Morgan fingerprint density at radius 1 is 1.32 bits per heavy atom. The standard InChI is InChI=1S/C15H20N2O2/c18-11-12-4-3-8-16(10-12)15(19)17-9-7-13-5-1-2-6-14(13)17/h1-2,5-6,12,18H,3-4,7-11H2/t12-/m1/s1. The van der Waals surface area contributed by atoms with E-state index in [2.05, 4.69) is 6.07 Å². The first-order valence-corrected chi connectivity index (χ1v) is 7.05. The molecule has 1 saturated heterocycles. The van der Waals surface area contributed by atoms with Gasteiger partial charge in [0.1, 0.15) is 0 Å². The molecule has 4 heteroatoms. The normalized spacial score (nSPS) is 22.5. The lowest BCUT2D eigenvalue weighted by Gasteiger charge is -2.34. The van der Waals surface area contributed by atoms with Gasteiger partial charge < -0.3 is 10.0 Å². The first kappa shape index (κ1) is 12.5. The third-order valence-corrected chi connectivity index (χ3v) is 4.17. The van der Waals surface area contributed by atoms with Crippen LogP contribution >= 0.6 is 0 Å². The van der Waals surface area contributed by atoms with Crippen LogP contribution in [0.1, 0.15) is 18.4 Å². The Morgan fingerprint density at radius 2 is 2.16 bits per heavy atom. The lowest BCUT2D eigenvalue weighted by atomic mass is 9.99. The van der Waals surface area contributed by atoms with E-state index in [1.54, 1.807) is 0 Å². The zero-order valence-corrected chi connectivity index (χ0v) is 11.1. The number of anilines is 1. The van der Waals surface area contributed by atoms with Gasteiger partial charge in [-0.2, -0.15) is 0 Å². The third-order valence-electron chi connectivity index (χ3n) is 4.17. The molecule has 2 heterocycles. The van der Waals surface area contributed by atoms with Gasteiger partial charge in [-0.15, -0.1) is 0 Å². The van der Waals surface area contributed by atoms with E-state index < -0.39 is 0 Å². The van der Waals surface area contributed by atoms with Gasteiger partial charge in [-0.1, -0.05) is 18.2 Å². The number of piperidine rings is 1. The molecule has 2 aliphatic rings. The Kier molecular flexibility index (Phi) is 3.42. The van der Waals surface area contributed by atoms with Crippen molar-refractivity contribution in [2.75, 3.05) is 31.1 Å². The second-order valence-corrected chi connectivity index (χ2v) is 5.45. The van der Waals surface area contributed by atoms with Crippen LogP contribution in [0.4, 0.5) is 10.5 Å². The van der Waals surface area contributed by atoms with Crippen molar-refractivity contribution in [3.8, 4) is 0 Å². The largest absolute Gasteiger partial charge is 0.396 e. The minimum Gasteiger partial charge on any atom is -0.396 e. The number of aliphatic hydroxyl groups excluding tert-OH is 1. The van der Waals surface area contributed by atoms with Crippen molar-refractivity contribution in [2.24, 2.45) is 5.92 Å². The van der Waals surface area contributed by atoms with Gasteiger partial charge >= 0.3 is 6.03 Å². The molecule has 102 valence electrons. The number of amides is 2. The van der Waals surface area contributed by atoms with Gasteiger partial charge in [-0.3, -0.25) is 4.90 Å². The predicted octanol–water partition coefficient (Wildman–Crippen LogP) is 1.87. The van der Waals surface area contributed by atoms with Crippen LogP contribution in [0.15, 0.2) is 24.3 Å². The monoisotopic (exact) mass is 260 g/mol. The smallest absolute Gasteiger partial charge is 0.324 e. The number of para-hydroxylation sites is 1. The molecule has 1 N–H and O–H groups in total. The summed E-state index contributed by atoms with van der Waals surface area (Å²) in [6.07, 6.45) is 2.96. The van der Waals surface area contributed by atoms with Gasteiger partial charge in [-0.05, 0) is 36.8 Å². The van der Waals surface area contributed by atoms with Crippen molar-refractivity contribution in [1.29, 1.82) is 0 Å². The highest BCUT2D eigenvalue weighted by molar-refractivity contribution is 5.94. The minimum atomic E-state index is 0.100. The fourth-order valence-electron chi connectivity index (χ4n) is 3.10. The lowest BCUT2D eigenvalue weighted by molar-refractivity contribution is 0.133. The quantitative estimate of drug-likeness (QED) is 0.837. The van der Waals surface area contributed by atoms with Gasteiger partial charge in [0.05, 0.1) is 0 Å². The van der Waals surface area contributed by atoms with E-state index in [0.29, 0.717) is 6.54 Å². The first-order valence-electron chi connectivity index (χ1n) is 7.05. The van der Waals surface area contributed by atoms with Crippen LogP contribution in [0.25, 0.3) is 0 Å². The van der Waals surface area contributed by atoms with Crippen LogP contribution in [0.2, 0.25) is 0 Å². The van der Waals surface area contributed by atoms with Crippen LogP contribution in [-0.4, -0.2) is 42.3 Å². The number of carbonyl (C=O) groups is 1. The summed E-state index contributed by atoms with van der Waals surface area (Å²) in [5.74, 6) is 0.246. The topological polar surface area (TPSA) is 43.8 Å². The molecule has 0 aromatic heterocycles. The maximum absolute atomic E-state index is 12.6. The molecule has 2 amide bonds. The number of hydrogen-bond acceptors (Lipinski definition) is 2. The number of carbonyl (C=O) groups excluding carboxylic acids is 1. The van der Waals surface area contributed by atoms with Gasteiger partial charge in [0.15, 0.2) is 0 Å². The second-order valence-electron chi connectivity index (χ2n) is 5.45. The number of benzene rings is 1. The van der Waals surface area contributed by atoms with Crippen LogP contribution < -0.4 is 4.90 Å². The number of rotatable bonds is 1. The summed E-state index contributed by atoms with van der Waals surface area (Å²) in [7, 11) is 0. The van der Waals surface area contributed by atoms with E-state index in [4.69, 9.17) is 0 Å². The van der Waals surface area contributed by atoms with Crippen LogP contribution in [0.3, 0.4) is 0 Å². The first-order chi connectivity index (χ1) is 9.29. The summed E-state index contributed by atoms with van der Waals surface area (Å²) < 4.78 is 0. The van der Waals surface area contributed by atoms with Gasteiger partial charge in [0.25, 0.3) is 0 Å². The maximum atomic E-state index is 12.6. The number of aliphatic hydroxyl groups is 1. The zero-order valence-electron chi connectivity index (χ0n) is 11.1. The SMILES string of the molecule is O=C(N1CCC[C@@H](CO)C1)N1CCc2ccccc21. The van der Waals surface area contributed by atoms with Gasteiger partial charge in [-0.25, -0.2) is 4.79 Å². The van der Waals surface area contributed by atoms with Crippen molar-refractivity contribution in [3.05, 3.63) is 29.8 Å². The summed E-state index contributed by atoms with van der Waals surface area (Å²) in [6, 6.07) is 8.22. The number of urea groups is 1. The van der Waals surface area contributed by atoms with E-state index >= 15 is 0 Å². The molecule has 0 spiro atoms. The molecule has 0 saturated carbocycles. The molecule has 0 radical (unpaired) electrons. The Labute approximate surface area is 113 Å². The van der Waals surface area contributed by atoms with Crippen LogP contribution in [-0.2, 0) is 6.42 Å². The molecular weight excluding hydrogens is 240 g/mol. The lowest BCUT2D eigenvalue weighted by Crippen LogP contribution is -2.47. The number of fused-ring (bicyclic) bond motifs is 1. The molecule has 1 aromatic rings. The average Bonchev–Trinajstić information content (AvgIpc) is 2.90. The van der Waals surface area contributed by atoms with E-state index in [1.807, 2.05) is 28.0 Å². The van der Waals surface area contributed by atoms with Crippen molar-refractivity contribution in [1.82, 2.24) is 4.90 Å². The summed E-state index contributed by atoms with van der Waals surface area (Å²) in [4.78, 5) is 16.4. The highest BCUT2D eigenvalue weighted by Crippen LogP contribution is 2.29.